The number of aromatic nitrogens is 2. The van der Waals surface area contributed by atoms with Gasteiger partial charge in [-0.2, -0.15) is 0 Å². The first kappa shape index (κ1) is 16.8. The molecule has 0 amide bonds. The maximum Gasteiger partial charge on any atom is 0.353 e. The number of nitrogens with zero attached hydrogens (tertiary/aromatic N) is 4. The van der Waals surface area contributed by atoms with Gasteiger partial charge in [-0.1, -0.05) is 24.3 Å². The highest BCUT2D eigenvalue weighted by Gasteiger charge is 2.26. The van der Waals surface area contributed by atoms with E-state index in [0.717, 1.165) is 12.1 Å². The lowest BCUT2D eigenvalue weighted by Gasteiger charge is -2.18. The first-order valence-electron chi connectivity index (χ1n) is 7.71. The van der Waals surface area contributed by atoms with Crippen LogP contribution in [0.25, 0.3) is 0 Å². The quantitative estimate of drug-likeness (QED) is 0.512. The van der Waals surface area contributed by atoms with Crippen molar-refractivity contribution in [3.63, 3.8) is 0 Å². The van der Waals surface area contributed by atoms with Crippen molar-refractivity contribution in [1.29, 1.82) is 0 Å². The Kier molecular flexibility index (Phi) is 5.20. The summed E-state index contributed by atoms with van der Waals surface area (Å²) in [5, 5.41) is 16.7. The maximum absolute atomic E-state index is 11.6. The number of hydrogen-bond donors (Lipinski definition) is 1. The Morgan fingerprint density at radius 3 is 2.68 bits per heavy atom. The lowest BCUT2D eigenvalue weighted by molar-refractivity contribution is -0.383. The highest BCUT2D eigenvalue weighted by atomic mass is 32.1. The van der Waals surface area contributed by atoms with Crippen molar-refractivity contribution in [3.05, 3.63) is 69.2 Å². The molecule has 0 fully saturated rings. The first-order valence-corrected chi connectivity index (χ1v) is 8.59. The lowest BCUT2D eigenvalue weighted by Crippen LogP contribution is -2.16. The molecule has 128 valence electrons. The van der Waals surface area contributed by atoms with E-state index in [0.29, 0.717) is 6.54 Å². The van der Waals surface area contributed by atoms with E-state index in [4.69, 9.17) is 0 Å². The summed E-state index contributed by atoms with van der Waals surface area (Å²) in [6.07, 6.45) is 2.12. The van der Waals surface area contributed by atoms with Crippen LogP contribution >= 0.6 is 11.3 Å². The van der Waals surface area contributed by atoms with E-state index in [1.807, 2.05) is 47.8 Å². The molecular weight excluding hydrogens is 338 g/mol. The second kappa shape index (κ2) is 7.71. The molecule has 0 bridgehead atoms. The number of anilines is 3. The van der Waals surface area contributed by atoms with Gasteiger partial charge >= 0.3 is 5.69 Å². The molecule has 0 aliphatic heterocycles. The SMILES string of the molecule is CN(c1ccccc1)c1ncnc(NCCc2cccs2)c1[N+](=O)[O-]. The van der Waals surface area contributed by atoms with E-state index in [-0.39, 0.29) is 17.3 Å². The number of thiophene rings is 1. The summed E-state index contributed by atoms with van der Waals surface area (Å²) < 4.78 is 0. The van der Waals surface area contributed by atoms with Gasteiger partial charge in [-0.3, -0.25) is 10.1 Å². The highest BCUT2D eigenvalue weighted by molar-refractivity contribution is 7.09. The van der Waals surface area contributed by atoms with Crippen LogP contribution in [-0.4, -0.2) is 28.5 Å². The Bertz CT molecular complexity index is 840. The zero-order chi connectivity index (χ0) is 17.6. The number of hydrogen-bond acceptors (Lipinski definition) is 7. The molecule has 1 aromatic carbocycles. The summed E-state index contributed by atoms with van der Waals surface area (Å²) in [4.78, 5) is 22.3. The van der Waals surface area contributed by atoms with Crippen LogP contribution in [0.5, 0.6) is 0 Å². The molecule has 0 aliphatic carbocycles. The van der Waals surface area contributed by atoms with E-state index >= 15 is 0 Å². The van der Waals surface area contributed by atoms with Crippen LogP contribution < -0.4 is 10.2 Å². The molecule has 0 radical (unpaired) electrons. The molecule has 8 heteroatoms. The van der Waals surface area contributed by atoms with Gasteiger partial charge in [-0.25, -0.2) is 9.97 Å². The monoisotopic (exact) mass is 355 g/mol. The average molecular weight is 355 g/mol. The molecule has 0 unspecified atom stereocenters. The Labute approximate surface area is 149 Å². The van der Waals surface area contributed by atoms with Gasteiger partial charge < -0.3 is 10.2 Å². The predicted molar refractivity (Wildman–Crippen MR) is 99.7 cm³/mol. The van der Waals surface area contributed by atoms with Crippen LogP contribution in [0.1, 0.15) is 4.88 Å². The van der Waals surface area contributed by atoms with Gasteiger partial charge in [0.2, 0.25) is 11.6 Å². The first-order chi connectivity index (χ1) is 12.2. The Morgan fingerprint density at radius 2 is 2.00 bits per heavy atom. The number of para-hydroxylation sites is 1. The molecule has 25 heavy (non-hydrogen) atoms. The number of rotatable bonds is 7. The van der Waals surface area contributed by atoms with Crippen LogP contribution in [0.3, 0.4) is 0 Å². The average Bonchev–Trinajstić information content (AvgIpc) is 3.15. The lowest BCUT2D eigenvalue weighted by atomic mass is 10.3. The van der Waals surface area contributed by atoms with Crippen molar-refractivity contribution < 1.29 is 4.92 Å². The Hall–Kier alpha value is -3.00. The highest BCUT2D eigenvalue weighted by Crippen LogP contribution is 2.34. The second-order valence-corrected chi connectivity index (χ2v) is 6.33. The van der Waals surface area contributed by atoms with Gasteiger partial charge in [0.25, 0.3) is 0 Å². The van der Waals surface area contributed by atoms with Crippen LogP contribution in [0.15, 0.2) is 54.2 Å². The molecule has 2 aromatic heterocycles. The molecule has 0 spiro atoms. The molecule has 7 nitrogen and oxygen atoms in total. The summed E-state index contributed by atoms with van der Waals surface area (Å²) >= 11 is 1.66. The van der Waals surface area contributed by atoms with E-state index in [2.05, 4.69) is 15.3 Å². The molecule has 1 N–H and O–H groups in total. The van der Waals surface area contributed by atoms with Crippen LogP contribution in [0.4, 0.5) is 23.0 Å². The fourth-order valence-electron chi connectivity index (χ4n) is 2.45. The smallest absolute Gasteiger partial charge is 0.353 e. The molecule has 0 saturated carbocycles. The molecular formula is C17H17N5O2S. The van der Waals surface area contributed by atoms with E-state index < -0.39 is 4.92 Å². The number of nitro groups is 1. The molecule has 0 atom stereocenters. The van der Waals surface area contributed by atoms with E-state index in [9.17, 15) is 10.1 Å². The summed E-state index contributed by atoms with van der Waals surface area (Å²) in [5.41, 5.74) is 0.689. The van der Waals surface area contributed by atoms with Gasteiger partial charge in [0, 0.05) is 24.2 Å². The zero-order valence-corrected chi connectivity index (χ0v) is 14.4. The van der Waals surface area contributed by atoms with Gasteiger partial charge in [0.15, 0.2) is 0 Å². The van der Waals surface area contributed by atoms with Crippen LogP contribution in [-0.2, 0) is 6.42 Å². The molecule has 3 rings (SSSR count). The van der Waals surface area contributed by atoms with E-state index in [1.54, 1.807) is 23.3 Å². The fraction of sp³-hybridized carbons (Fsp3) is 0.176. The number of benzene rings is 1. The van der Waals surface area contributed by atoms with E-state index in [1.165, 1.54) is 11.2 Å². The van der Waals surface area contributed by atoms with Gasteiger partial charge in [-0.15, -0.1) is 11.3 Å². The molecule has 3 aromatic rings. The Balaban J connectivity index is 1.85. The Morgan fingerprint density at radius 1 is 1.20 bits per heavy atom. The number of nitrogens with one attached hydrogen (secondary N) is 1. The maximum atomic E-state index is 11.6. The van der Waals surface area contributed by atoms with Crippen LogP contribution in [0.2, 0.25) is 0 Å². The van der Waals surface area contributed by atoms with Gasteiger partial charge in [-0.05, 0) is 30.0 Å². The van der Waals surface area contributed by atoms with Gasteiger partial charge in [0.1, 0.15) is 6.33 Å². The normalized spacial score (nSPS) is 10.4. The second-order valence-electron chi connectivity index (χ2n) is 5.30. The van der Waals surface area contributed by atoms with Crippen molar-refractivity contribution in [1.82, 2.24) is 9.97 Å². The summed E-state index contributed by atoms with van der Waals surface area (Å²) in [7, 11) is 1.75. The summed E-state index contributed by atoms with van der Waals surface area (Å²) in [6, 6.07) is 13.4. The van der Waals surface area contributed by atoms with Crippen molar-refractivity contribution in [2.75, 3.05) is 23.8 Å². The van der Waals surface area contributed by atoms with Crippen molar-refractivity contribution >= 4 is 34.3 Å². The minimum absolute atomic E-state index is 0.125. The minimum Gasteiger partial charge on any atom is -0.364 e. The third-order valence-corrected chi connectivity index (χ3v) is 4.63. The van der Waals surface area contributed by atoms with Crippen LogP contribution in [0, 0.1) is 10.1 Å². The largest absolute Gasteiger partial charge is 0.364 e. The summed E-state index contributed by atoms with van der Waals surface area (Å²) in [6.45, 7) is 0.562. The van der Waals surface area contributed by atoms with Crippen molar-refractivity contribution in [2.45, 2.75) is 6.42 Å². The third-order valence-electron chi connectivity index (χ3n) is 3.69. The van der Waals surface area contributed by atoms with Crippen molar-refractivity contribution in [3.8, 4) is 0 Å². The molecule has 2 heterocycles. The van der Waals surface area contributed by atoms with Gasteiger partial charge in [0.05, 0.1) is 4.92 Å². The summed E-state index contributed by atoms with van der Waals surface area (Å²) in [5.74, 6) is 0.485. The van der Waals surface area contributed by atoms with Crippen molar-refractivity contribution in [2.24, 2.45) is 0 Å². The third kappa shape index (κ3) is 3.92. The molecule has 0 aliphatic rings. The predicted octanol–water partition coefficient (Wildman–Crippen LogP) is 3.87. The standard InChI is InChI=1S/C17H17N5O2S/c1-21(13-6-3-2-4-7-13)17-15(22(23)24)16(19-12-20-17)18-10-9-14-8-5-11-25-14/h2-8,11-12H,9-10H2,1H3,(H,18,19,20). The minimum atomic E-state index is -0.442. The topological polar surface area (TPSA) is 84.2 Å². The zero-order valence-electron chi connectivity index (χ0n) is 13.6. The molecule has 0 saturated heterocycles. The fourth-order valence-corrected chi connectivity index (χ4v) is 3.15.